The number of hydrogen-bond acceptors (Lipinski definition) is 4. The third kappa shape index (κ3) is 4.41. The average Bonchev–Trinajstić information content (AvgIpc) is 2.34. The lowest BCUT2D eigenvalue weighted by Gasteiger charge is -2.14. The highest BCUT2D eigenvalue weighted by Gasteiger charge is 2.13. The average molecular weight is 303 g/mol. The van der Waals surface area contributed by atoms with E-state index in [-0.39, 0.29) is 12.0 Å². The Morgan fingerprint density at radius 3 is 2.94 bits per heavy atom. The predicted octanol–water partition coefficient (Wildman–Crippen LogP) is 1.24. The van der Waals surface area contributed by atoms with Crippen LogP contribution in [0.25, 0.3) is 0 Å². The highest BCUT2D eigenvalue weighted by Crippen LogP contribution is 2.12. The number of pyridine rings is 1. The number of ether oxygens (including phenoxy) is 2. The standard InChI is InChI=1S/C11H15BrN2O3/c1-16-7-8(17-2)6-14-11(15)10-9(12)4-3-5-13-10/h3-5,8H,6-7H2,1-2H3,(H,14,15). The zero-order valence-corrected chi connectivity index (χ0v) is 11.4. The first-order valence-electron chi connectivity index (χ1n) is 5.09. The molecule has 1 rings (SSSR count). The molecule has 0 aliphatic heterocycles. The van der Waals surface area contributed by atoms with Crippen LogP contribution in [0.4, 0.5) is 0 Å². The summed E-state index contributed by atoms with van der Waals surface area (Å²) in [5.74, 6) is -0.240. The van der Waals surface area contributed by atoms with Crippen molar-refractivity contribution < 1.29 is 14.3 Å². The van der Waals surface area contributed by atoms with E-state index in [1.54, 1.807) is 32.5 Å². The maximum absolute atomic E-state index is 11.8. The number of nitrogens with zero attached hydrogens (tertiary/aromatic N) is 1. The highest BCUT2D eigenvalue weighted by atomic mass is 79.9. The van der Waals surface area contributed by atoms with E-state index >= 15 is 0 Å². The predicted molar refractivity (Wildman–Crippen MR) is 66.9 cm³/mol. The van der Waals surface area contributed by atoms with Gasteiger partial charge in [0.2, 0.25) is 0 Å². The molecule has 17 heavy (non-hydrogen) atoms. The van der Waals surface area contributed by atoms with E-state index in [1.807, 2.05) is 0 Å². The van der Waals surface area contributed by atoms with Gasteiger partial charge in [0.1, 0.15) is 5.69 Å². The van der Waals surface area contributed by atoms with Crippen LogP contribution in [0, 0.1) is 0 Å². The van der Waals surface area contributed by atoms with Gasteiger partial charge in [-0.3, -0.25) is 4.79 Å². The molecular weight excluding hydrogens is 288 g/mol. The number of nitrogens with one attached hydrogen (secondary N) is 1. The summed E-state index contributed by atoms with van der Waals surface area (Å²) < 4.78 is 10.8. The van der Waals surface area contributed by atoms with Gasteiger partial charge >= 0.3 is 0 Å². The lowest BCUT2D eigenvalue weighted by atomic mass is 10.3. The molecule has 5 nitrogen and oxygen atoms in total. The van der Waals surface area contributed by atoms with E-state index in [1.165, 1.54) is 0 Å². The molecular formula is C11H15BrN2O3. The molecule has 1 heterocycles. The lowest BCUT2D eigenvalue weighted by molar-refractivity contribution is 0.0285. The van der Waals surface area contributed by atoms with Crippen molar-refractivity contribution in [1.29, 1.82) is 0 Å². The molecule has 1 atom stereocenters. The fraction of sp³-hybridized carbons (Fsp3) is 0.455. The third-order valence-corrected chi connectivity index (χ3v) is 2.79. The van der Waals surface area contributed by atoms with E-state index in [2.05, 4.69) is 26.2 Å². The van der Waals surface area contributed by atoms with Gasteiger partial charge in [-0.2, -0.15) is 0 Å². The maximum atomic E-state index is 11.8. The number of hydrogen-bond donors (Lipinski definition) is 1. The summed E-state index contributed by atoms with van der Waals surface area (Å²) >= 11 is 3.27. The number of methoxy groups -OCH3 is 2. The first-order chi connectivity index (χ1) is 8.19. The van der Waals surface area contributed by atoms with Crippen LogP contribution in [0.3, 0.4) is 0 Å². The van der Waals surface area contributed by atoms with Gasteiger partial charge in [-0.25, -0.2) is 4.98 Å². The second kappa shape index (κ2) is 7.37. The minimum Gasteiger partial charge on any atom is -0.382 e. The molecule has 1 aromatic heterocycles. The Balaban J connectivity index is 2.52. The Morgan fingerprint density at radius 2 is 2.35 bits per heavy atom. The third-order valence-electron chi connectivity index (χ3n) is 2.15. The minimum atomic E-state index is -0.240. The first kappa shape index (κ1) is 14.1. The van der Waals surface area contributed by atoms with Gasteiger partial charge in [0.05, 0.1) is 12.7 Å². The molecule has 0 aliphatic rings. The van der Waals surface area contributed by atoms with E-state index in [4.69, 9.17) is 9.47 Å². The van der Waals surface area contributed by atoms with Crippen molar-refractivity contribution in [2.24, 2.45) is 0 Å². The number of halogens is 1. The van der Waals surface area contributed by atoms with Gasteiger partial charge in [0.15, 0.2) is 0 Å². The summed E-state index contributed by atoms with van der Waals surface area (Å²) in [5.41, 5.74) is 0.361. The van der Waals surface area contributed by atoms with E-state index in [0.717, 1.165) is 0 Å². The number of rotatable bonds is 6. The molecule has 0 spiro atoms. The van der Waals surface area contributed by atoms with Gasteiger partial charge in [0, 0.05) is 31.4 Å². The lowest BCUT2D eigenvalue weighted by Crippen LogP contribution is -2.36. The second-order valence-electron chi connectivity index (χ2n) is 3.36. The Hall–Kier alpha value is -0.980. The van der Waals surface area contributed by atoms with Gasteiger partial charge in [0.25, 0.3) is 5.91 Å². The van der Waals surface area contributed by atoms with Crippen molar-refractivity contribution in [3.05, 3.63) is 28.5 Å². The molecule has 1 unspecified atom stereocenters. The van der Waals surface area contributed by atoms with Crippen LogP contribution in [0.5, 0.6) is 0 Å². The second-order valence-corrected chi connectivity index (χ2v) is 4.21. The van der Waals surface area contributed by atoms with Crippen molar-refractivity contribution in [2.75, 3.05) is 27.4 Å². The first-order valence-corrected chi connectivity index (χ1v) is 5.88. The van der Waals surface area contributed by atoms with Crippen LogP contribution in [0.15, 0.2) is 22.8 Å². The van der Waals surface area contributed by atoms with Crippen LogP contribution < -0.4 is 5.32 Å². The maximum Gasteiger partial charge on any atom is 0.271 e. The Bertz CT molecular complexity index is 373. The van der Waals surface area contributed by atoms with Crippen LogP contribution in [0.2, 0.25) is 0 Å². The molecule has 0 aliphatic carbocycles. The Kier molecular flexibility index (Phi) is 6.10. The fourth-order valence-corrected chi connectivity index (χ4v) is 1.67. The van der Waals surface area contributed by atoms with Crippen LogP contribution >= 0.6 is 15.9 Å². The zero-order chi connectivity index (χ0) is 12.7. The molecule has 1 N–H and O–H groups in total. The largest absolute Gasteiger partial charge is 0.382 e. The van der Waals surface area contributed by atoms with Crippen LogP contribution in [-0.4, -0.2) is 44.4 Å². The molecule has 0 radical (unpaired) electrons. The number of carbonyl (C=O) groups excluding carboxylic acids is 1. The molecule has 0 fully saturated rings. The van der Waals surface area contributed by atoms with Crippen LogP contribution in [0.1, 0.15) is 10.5 Å². The van der Waals surface area contributed by atoms with E-state index < -0.39 is 0 Å². The Labute approximate surface area is 109 Å². The molecule has 0 saturated carbocycles. The summed E-state index contributed by atoms with van der Waals surface area (Å²) in [6.07, 6.45) is 1.41. The van der Waals surface area contributed by atoms with Crippen molar-refractivity contribution in [2.45, 2.75) is 6.10 Å². The normalized spacial score (nSPS) is 12.2. The molecule has 0 saturated heterocycles. The highest BCUT2D eigenvalue weighted by molar-refractivity contribution is 9.10. The van der Waals surface area contributed by atoms with Gasteiger partial charge < -0.3 is 14.8 Å². The Morgan fingerprint density at radius 1 is 1.59 bits per heavy atom. The van der Waals surface area contributed by atoms with Crippen molar-refractivity contribution >= 4 is 21.8 Å². The molecule has 1 amide bonds. The molecule has 6 heteroatoms. The molecule has 0 bridgehead atoms. The fourth-order valence-electron chi connectivity index (χ4n) is 1.24. The van der Waals surface area contributed by atoms with Crippen molar-refractivity contribution in [1.82, 2.24) is 10.3 Å². The summed E-state index contributed by atoms with van der Waals surface area (Å²) in [6.45, 7) is 0.812. The monoisotopic (exact) mass is 302 g/mol. The molecule has 0 aromatic carbocycles. The molecule has 94 valence electrons. The van der Waals surface area contributed by atoms with Gasteiger partial charge in [-0.15, -0.1) is 0 Å². The number of aromatic nitrogens is 1. The SMILES string of the molecule is COCC(CNC(=O)c1ncccc1Br)OC. The van der Waals surface area contributed by atoms with Crippen molar-refractivity contribution in [3.63, 3.8) is 0 Å². The van der Waals surface area contributed by atoms with E-state index in [9.17, 15) is 4.79 Å². The summed E-state index contributed by atoms with van der Waals surface area (Å²) in [6, 6.07) is 3.52. The van der Waals surface area contributed by atoms with Crippen molar-refractivity contribution in [3.8, 4) is 0 Å². The van der Waals surface area contributed by atoms with Gasteiger partial charge in [-0.05, 0) is 28.1 Å². The summed E-state index contributed by atoms with van der Waals surface area (Å²) in [5, 5.41) is 2.74. The summed E-state index contributed by atoms with van der Waals surface area (Å²) in [7, 11) is 3.16. The quantitative estimate of drug-likeness (QED) is 0.859. The number of carbonyl (C=O) groups is 1. The number of amides is 1. The molecule has 1 aromatic rings. The summed E-state index contributed by atoms with van der Waals surface area (Å²) in [4.78, 5) is 15.8. The van der Waals surface area contributed by atoms with Crippen LogP contribution in [-0.2, 0) is 9.47 Å². The van der Waals surface area contributed by atoms with Gasteiger partial charge in [-0.1, -0.05) is 0 Å². The topological polar surface area (TPSA) is 60.5 Å². The smallest absolute Gasteiger partial charge is 0.271 e. The van der Waals surface area contributed by atoms with E-state index in [0.29, 0.717) is 23.3 Å². The zero-order valence-electron chi connectivity index (χ0n) is 9.77. The minimum absolute atomic E-state index is 0.161.